The number of nitrogens with one attached hydrogen (secondary N) is 1. The first kappa shape index (κ1) is 15.8. The Morgan fingerprint density at radius 3 is 2.76 bits per heavy atom. The van der Waals surface area contributed by atoms with Crippen LogP contribution in [0.3, 0.4) is 0 Å². The van der Waals surface area contributed by atoms with E-state index >= 15 is 0 Å². The van der Waals surface area contributed by atoms with E-state index in [1.807, 2.05) is 17.0 Å². The van der Waals surface area contributed by atoms with E-state index in [0.29, 0.717) is 11.5 Å². The van der Waals surface area contributed by atoms with Crippen molar-refractivity contribution in [2.45, 2.75) is 25.9 Å². The summed E-state index contributed by atoms with van der Waals surface area (Å²) >= 11 is 0. The van der Waals surface area contributed by atoms with E-state index in [-0.39, 0.29) is 19.1 Å². The Hall–Kier alpha value is -1.59. The Kier molecular flexibility index (Phi) is 5.59. The predicted molar refractivity (Wildman–Crippen MR) is 82.3 cm³/mol. The smallest absolute Gasteiger partial charge is 0.253 e. The molecule has 3 N–H and O–H groups in total. The zero-order chi connectivity index (χ0) is 15.2. The largest absolute Gasteiger partial charge is 0.394 e. The third kappa shape index (κ3) is 4.44. The molecule has 1 aliphatic heterocycles. The molecular formula is C16H24N2O3. The van der Waals surface area contributed by atoms with Gasteiger partial charge in [0.1, 0.15) is 0 Å². The van der Waals surface area contributed by atoms with Gasteiger partial charge in [-0.25, -0.2) is 0 Å². The van der Waals surface area contributed by atoms with Crippen LogP contribution in [0.4, 0.5) is 5.69 Å². The number of hydrogen-bond donors (Lipinski definition) is 3. The topological polar surface area (TPSA) is 72.8 Å². The molecule has 1 fully saturated rings. The van der Waals surface area contributed by atoms with E-state index in [1.165, 1.54) is 6.42 Å². The van der Waals surface area contributed by atoms with Crippen LogP contribution in [0, 0.1) is 5.92 Å². The molecule has 0 bridgehead atoms. The molecule has 2 rings (SSSR count). The van der Waals surface area contributed by atoms with E-state index in [2.05, 4.69) is 12.2 Å². The quantitative estimate of drug-likeness (QED) is 0.765. The number of aliphatic hydroxyl groups excluding tert-OH is 2. The summed E-state index contributed by atoms with van der Waals surface area (Å²) in [6, 6.07) is 7.25. The molecule has 0 radical (unpaired) electrons. The third-order valence-corrected chi connectivity index (χ3v) is 3.83. The fraction of sp³-hybridized carbons (Fsp3) is 0.562. The van der Waals surface area contributed by atoms with Crippen molar-refractivity contribution in [1.82, 2.24) is 4.90 Å². The van der Waals surface area contributed by atoms with Crippen molar-refractivity contribution < 1.29 is 15.0 Å². The number of benzene rings is 1. The maximum Gasteiger partial charge on any atom is 0.253 e. The number of amides is 1. The van der Waals surface area contributed by atoms with Gasteiger partial charge in [-0.05, 0) is 43.0 Å². The SMILES string of the molecule is CC1CCCN(C(=O)c2ccc(NCC(O)CO)cc2)C1. The van der Waals surface area contributed by atoms with Gasteiger partial charge in [0.25, 0.3) is 5.91 Å². The minimum atomic E-state index is -0.777. The lowest BCUT2D eigenvalue weighted by atomic mass is 9.99. The predicted octanol–water partition coefficient (Wildman–Crippen LogP) is 1.32. The van der Waals surface area contributed by atoms with Crippen molar-refractivity contribution in [1.29, 1.82) is 0 Å². The lowest BCUT2D eigenvalue weighted by Crippen LogP contribution is -2.39. The van der Waals surface area contributed by atoms with Crippen molar-refractivity contribution >= 4 is 11.6 Å². The molecule has 1 aliphatic rings. The summed E-state index contributed by atoms with van der Waals surface area (Å²) < 4.78 is 0. The summed E-state index contributed by atoms with van der Waals surface area (Å²) in [6.07, 6.45) is 1.49. The fourth-order valence-corrected chi connectivity index (χ4v) is 2.59. The summed E-state index contributed by atoms with van der Waals surface area (Å²) in [5.41, 5.74) is 1.52. The molecule has 1 amide bonds. The van der Waals surface area contributed by atoms with Crippen LogP contribution in [0.15, 0.2) is 24.3 Å². The number of aliphatic hydroxyl groups is 2. The Labute approximate surface area is 125 Å². The highest BCUT2D eigenvalue weighted by Gasteiger charge is 2.21. The lowest BCUT2D eigenvalue weighted by molar-refractivity contribution is 0.0683. The average molecular weight is 292 g/mol. The second-order valence-corrected chi connectivity index (χ2v) is 5.79. The average Bonchev–Trinajstić information content (AvgIpc) is 2.52. The van der Waals surface area contributed by atoms with Crippen molar-refractivity contribution in [3.63, 3.8) is 0 Å². The van der Waals surface area contributed by atoms with Crippen molar-refractivity contribution in [3.05, 3.63) is 29.8 Å². The first-order valence-corrected chi connectivity index (χ1v) is 7.52. The van der Waals surface area contributed by atoms with Crippen LogP contribution in [0.1, 0.15) is 30.1 Å². The molecule has 5 heteroatoms. The van der Waals surface area contributed by atoms with Gasteiger partial charge in [-0.3, -0.25) is 4.79 Å². The number of likely N-dealkylation sites (tertiary alicyclic amines) is 1. The van der Waals surface area contributed by atoms with E-state index in [9.17, 15) is 9.90 Å². The number of carbonyl (C=O) groups is 1. The molecule has 0 spiro atoms. The van der Waals surface area contributed by atoms with E-state index in [0.717, 1.165) is 25.2 Å². The summed E-state index contributed by atoms with van der Waals surface area (Å²) in [7, 11) is 0. The Bertz CT molecular complexity index is 461. The van der Waals surface area contributed by atoms with Crippen molar-refractivity contribution in [2.75, 3.05) is 31.6 Å². The molecule has 21 heavy (non-hydrogen) atoms. The molecular weight excluding hydrogens is 268 g/mol. The zero-order valence-corrected chi connectivity index (χ0v) is 12.5. The molecule has 2 unspecified atom stereocenters. The first-order chi connectivity index (χ1) is 10.1. The molecule has 1 aromatic rings. The van der Waals surface area contributed by atoms with Gasteiger partial charge in [0, 0.05) is 30.9 Å². The van der Waals surface area contributed by atoms with Gasteiger partial charge in [-0.2, -0.15) is 0 Å². The number of hydrogen-bond acceptors (Lipinski definition) is 4. The van der Waals surface area contributed by atoms with Crippen LogP contribution in [-0.4, -0.2) is 53.4 Å². The standard InChI is InChI=1S/C16H24N2O3/c1-12-3-2-8-18(10-12)16(21)13-4-6-14(7-5-13)17-9-15(20)11-19/h4-7,12,15,17,19-20H,2-3,8-11H2,1H3. The molecule has 1 saturated heterocycles. The summed E-state index contributed by atoms with van der Waals surface area (Å²) in [6.45, 7) is 3.87. The Balaban J connectivity index is 1.93. The number of carbonyl (C=O) groups excluding carboxylic acids is 1. The van der Waals surface area contributed by atoms with E-state index in [4.69, 9.17) is 5.11 Å². The normalized spacial score (nSPS) is 20.1. The Morgan fingerprint density at radius 1 is 1.43 bits per heavy atom. The molecule has 1 aromatic carbocycles. The van der Waals surface area contributed by atoms with Crippen LogP contribution in [0.25, 0.3) is 0 Å². The second-order valence-electron chi connectivity index (χ2n) is 5.79. The zero-order valence-electron chi connectivity index (χ0n) is 12.5. The van der Waals surface area contributed by atoms with Gasteiger partial charge in [0.15, 0.2) is 0 Å². The highest BCUT2D eigenvalue weighted by molar-refractivity contribution is 5.94. The maximum absolute atomic E-state index is 12.4. The highest BCUT2D eigenvalue weighted by atomic mass is 16.3. The minimum absolute atomic E-state index is 0.0866. The maximum atomic E-state index is 12.4. The molecule has 2 atom stereocenters. The minimum Gasteiger partial charge on any atom is -0.394 e. The monoisotopic (exact) mass is 292 g/mol. The highest BCUT2D eigenvalue weighted by Crippen LogP contribution is 2.18. The van der Waals surface area contributed by atoms with Crippen molar-refractivity contribution in [3.8, 4) is 0 Å². The van der Waals surface area contributed by atoms with Gasteiger partial charge in [0.05, 0.1) is 12.7 Å². The number of nitrogens with zero attached hydrogens (tertiary/aromatic N) is 1. The number of anilines is 1. The van der Waals surface area contributed by atoms with Crippen LogP contribution in [-0.2, 0) is 0 Å². The second kappa shape index (κ2) is 7.43. The molecule has 0 aliphatic carbocycles. The van der Waals surface area contributed by atoms with Crippen LogP contribution < -0.4 is 5.32 Å². The number of piperidine rings is 1. The Morgan fingerprint density at radius 2 is 2.14 bits per heavy atom. The van der Waals surface area contributed by atoms with Crippen LogP contribution in [0.2, 0.25) is 0 Å². The summed E-state index contributed by atoms with van der Waals surface area (Å²) in [5, 5.41) is 21.1. The van der Waals surface area contributed by atoms with Gasteiger partial charge in [-0.15, -0.1) is 0 Å². The molecule has 116 valence electrons. The molecule has 5 nitrogen and oxygen atoms in total. The first-order valence-electron chi connectivity index (χ1n) is 7.52. The van der Waals surface area contributed by atoms with E-state index < -0.39 is 6.10 Å². The van der Waals surface area contributed by atoms with Crippen LogP contribution >= 0.6 is 0 Å². The summed E-state index contributed by atoms with van der Waals surface area (Å²) in [5.74, 6) is 0.659. The summed E-state index contributed by atoms with van der Waals surface area (Å²) in [4.78, 5) is 14.3. The number of rotatable bonds is 5. The van der Waals surface area contributed by atoms with Gasteiger partial charge in [-0.1, -0.05) is 6.92 Å². The third-order valence-electron chi connectivity index (χ3n) is 3.83. The molecule has 1 heterocycles. The lowest BCUT2D eigenvalue weighted by Gasteiger charge is -2.31. The fourth-order valence-electron chi connectivity index (χ4n) is 2.59. The van der Waals surface area contributed by atoms with Crippen molar-refractivity contribution in [2.24, 2.45) is 5.92 Å². The van der Waals surface area contributed by atoms with Crippen LogP contribution in [0.5, 0.6) is 0 Å². The molecule has 0 saturated carbocycles. The van der Waals surface area contributed by atoms with Gasteiger partial charge < -0.3 is 20.4 Å². The van der Waals surface area contributed by atoms with Gasteiger partial charge in [0.2, 0.25) is 0 Å². The van der Waals surface area contributed by atoms with E-state index in [1.54, 1.807) is 12.1 Å². The van der Waals surface area contributed by atoms with Gasteiger partial charge >= 0.3 is 0 Å². The molecule has 0 aromatic heterocycles.